The Morgan fingerprint density at radius 2 is 1.08 bits per heavy atom. The van der Waals surface area contributed by atoms with Gasteiger partial charge in [0.05, 0.1) is 13.2 Å². The summed E-state index contributed by atoms with van der Waals surface area (Å²) < 4.78 is 26.8. The van der Waals surface area contributed by atoms with E-state index in [0.29, 0.717) is 6.42 Å². The molecule has 2 unspecified atom stereocenters. The highest BCUT2D eigenvalue weighted by atomic mass is 31.2. The molecule has 0 saturated carbocycles. The smallest absolute Gasteiger partial charge is 0.463 e. The number of rotatable bonds is 37. The quantitative estimate of drug-likeness (QED) is 0.0248. The molecule has 0 heterocycles. The molecule has 0 aliphatic carbocycles. The number of esters is 1. The van der Waals surface area contributed by atoms with E-state index >= 15 is 0 Å². The summed E-state index contributed by atoms with van der Waals surface area (Å²) in [4.78, 5) is 33.8. The number of aliphatic hydroxyl groups excluding tert-OH is 1. The molecule has 0 radical (unpaired) electrons. The van der Waals surface area contributed by atoms with Gasteiger partial charge in [-0.05, 0) is 70.6 Å². The van der Waals surface area contributed by atoms with Gasteiger partial charge in [-0.3, -0.25) is 18.6 Å². The average Bonchev–Trinajstić information content (AvgIpc) is 3.11. The second-order valence-corrected chi connectivity index (χ2v) is 14.7. The van der Waals surface area contributed by atoms with Crippen molar-refractivity contribution >= 4 is 19.7 Å². The molecule has 3 N–H and O–H groups in total. The van der Waals surface area contributed by atoms with E-state index in [-0.39, 0.29) is 32.1 Å². The Balaban J connectivity index is 3.65. The first-order valence-electron chi connectivity index (χ1n) is 20.1. The number of allylic oxidation sites excluding steroid dienone is 8. The van der Waals surface area contributed by atoms with Crippen molar-refractivity contribution < 1.29 is 37.9 Å². The van der Waals surface area contributed by atoms with Crippen LogP contribution in [-0.2, 0) is 27.9 Å². The maximum atomic E-state index is 12.1. The maximum Gasteiger partial charge on any atom is 0.472 e. The van der Waals surface area contributed by atoms with Crippen molar-refractivity contribution in [3.63, 3.8) is 0 Å². The minimum absolute atomic E-state index is 0.0719. The molecule has 0 aliphatic rings. The van der Waals surface area contributed by atoms with E-state index in [1.807, 2.05) is 0 Å². The lowest BCUT2D eigenvalue weighted by Gasteiger charge is -2.15. The monoisotopic (exact) mass is 740 g/mol. The number of carbonyl (C=O) groups is 2. The van der Waals surface area contributed by atoms with E-state index < -0.39 is 26.5 Å². The van der Waals surface area contributed by atoms with Crippen molar-refractivity contribution in [2.45, 2.75) is 174 Å². The Kier molecular flexibility index (Phi) is 36.2. The lowest BCUT2D eigenvalue weighted by molar-refractivity contribution is -0.147. The zero-order chi connectivity index (χ0) is 37.5. The summed E-state index contributed by atoms with van der Waals surface area (Å²) in [6.07, 6.45) is 41.8. The van der Waals surface area contributed by atoms with Crippen molar-refractivity contribution in [2.24, 2.45) is 0 Å². The largest absolute Gasteiger partial charge is 0.472 e. The molecule has 51 heavy (non-hydrogen) atoms. The number of hydrogen-bond donors (Lipinski definition) is 3. The van der Waals surface area contributed by atoms with Crippen LogP contribution in [0.1, 0.15) is 168 Å². The summed E-state index contributed by atoms with van der Waals surface area (Å²) >= 11 is 0. The number of carbonyl (C=O) groups excluding carboxylic acids is 2. The standard InChI is InChI=1S/C41H74NO8P/c1-3-5-7-9-11-13-15-16-17-18-19-20-21-22-24-25-27-29-31-33-40(44)42-35-36-49-51(46,47)50-38-39(43)37-48-41(45)34-32-30-28-26-23-14-12-10-8-6-4-2/h10-13,16-17,19-20,39,43H,3-9,14-15,18,21-38H2,1-2H3,(H,42,44)(H,46,47)/b12-10-,13-11-,17-16-,20-19-. The van der Waals surface area contributed by atoms with Gasteiger partial charge in [-0.15, -0.1) is 0 Å². The fourth-order valence-electron chi connectivity index (χ4n) is 5.13. The second-order valence-electron chi connectivity index (χ2n) is 13.2. The van der Waals surface area contributed by atoms with Crippen LogP contribution >= 0.6 is 7.82 Å². The molecule has 0 bridgehead atoms. The topological polar surface area (TPSA) is 131 Å². The van der Waals surface area contributed by atoms with Crippen LogP contribution in [0.25, 0.3) is 0 Å². The molecule has 0 spiro atoms. The van der Waals surface area contributed by atoms with Crippen LogP contribution < -0.4 is 5.32 Å². The molecule has 0 aromatic rings. The van der Waals surface area contributed by atoms with Crippen LogP contribution in [-0.4, -0.2) is 54.3 Å². The van der Waals surface area contributed by atoms with E-state index in [1.165, 1.54) is 51.4 Å². The lowest BCUT2D eigenvalue weighted by atomic mass is 10.1. The second kappa shape index (κ2) is 37.7. The summed E-state index contributed by atoms with van der Waals surface area (Å²) in [6, 6.07) is 0. The number of phosphoric acid groups is 1. The fourth-order valence-corrected chi connectivity index (χ4v) is 5.89. The third kappa shape index (κ3) is 39.0. The Morgan fingerprint density at radius 3 is 1.67 bits per heavy atom. The zero-order valence-corrected chi connectivity index (χ0v) is 33.2. The molecular formula is C41H74NO8P. The number of aliphatic hydroxyl groups is 1. The molecule has 0 rings (SSSR count). The van der Waals surface area contributed by atoms with E-state index in [4.69, 9.17) is 13.8 Å². The van der Waals surface area contributed by atoms with Crippen molar-refractivity contribution in [3.05, 3.63) is 48.6 Å². The summed E-state index contributed by atoms with van der Waals surface area (Å²) in [7, 11) is -4.42. The van der Waals surface area contributed by atoms with Crippen molar-refractivity contribution in [1.82, 2.24) is 5.32 Å². The molecule has 0 aromatic carbocycles. The van der Waals surface area contributed by atoms with Crippen LogP contribution in [0.5, 0.6) is 0 Å². The summed E-state index contributed by atoms with van der Waals surface area (Å²) in [5.74, 6) is -0.543. The molecule has 0 saturated heterocycles. The van der Waals surface area contributed by atoms with E-state index in [9.17, 15) is 24.2 Å². The number of nitrogens with one attached hydrogen (secondary N) is 1. The SMILES string of the molecule is CCCC/C=C\CCCCCCCC(=O)OCC(O)COP(=O)(O)OCCNC(=O)CCCCCCCC/C=C\C/C=C\C/C=C\CCCCC. The normalized spacial score (nSPS) is 13.9. The fraction of sp³-hybridized carbons (Fsp3) is 0.756. The first-order chi connectivity index (χ1) is 24.8. The van der Waals surface area contributed by atoms with Gasteiger partial charge in [0.25, 0.3) is 0 Å². The molecule has 0 aliphatic heterocycles. The number of unbranched alkanes of at least 4 members (excludes halogenated alkanes) is 16. The van der Waals surface area contributed by atoms with Gasteiger partial charge >= 0.3 is 13.8 Å². The average molecular weight is 740 g/mol. The van der Waals surface area contributed by atoms with Crippen molar-refractivity contribution in [3.8, 4) is 0 Å². The van der Waals surface area contributed by atoms with Gasteiger partial charge in [0.15, 0.2) is 0 Å². The minimum atomic E-state index is -4.42. The number of amides is 1. The summed E-state index contributed by atoms with van der Waals surface area (Å²) in [6.45, 7) is 3.44. The highest BCUT2D eigenvalue weighted by Gasteiger charge is 2.23. The van der Waals surface area contributed by atoms with Gasteiger partial charge in [-0.1, -0.05) is 133 Å². The van der Waals surface area contributed by atoms with E-state index in [1.54, 1.807) is 0 Å². The number of hydrogen-bond acceptors (Lipinski definition) is 7. The van der Waals surface area contributed by atoms with Crippen molar-refractivity contribution in [2.75, 3.05) is 26.4 Å². The Morgan fingerprint density at radius 1 is 0.608 bits per heavy atom. The minimum Gasteiger partial charge on any atom is -0.463 e. The van der Waals surface area contributed by atoms with Crippen LogP contribution in [0.4, 0.5) is 0 Å². The van der Waals surface area contributed by atoms with Gasteiger partial charge in [-0.2, -0.15) is 0 Å². The Hall–Kier alpha value is -2.03. The Labute approximate surface area is 311 Å². The number of phosphoric ester groups is 1. The molecule has 0 aromatic heterocycles. The molecule has 10 heteroatoms. The van der Waals surface area contributed by atoms with Gasteiger partial charge in [-0.25, -0.2) is 4.57 Å². The molecule has 2 atom stereocenters. The molecular weight excluding hydrogens is 665 g/mol. The van der Waals surface area contributed by atoms with Gasteiger partial charge in [0.2, 0.25) is 5.91 Å². The predicted molar refractivity (Wildman–Crippen MR) is 210 cm³/mol. The molecule has 296 valence electrons. The molecule has 0 fully saturated rings. The third-order valence-electron chi connectivity index (χ3n) is 8.23. The Bertz CT molecular complexity index is 981. The first kappa shape index (κ1) is 49.0. The predicted octanol–water partition coefficient (Wildman–Crippen LogP) is 10.8. The van der Waals surface area contributed by atoms with Gasteiger partial charge in [0.1, 0.15) is 12.7 Å². The summed E-state index contributed by atoms with van der Waals surface area (Å²) in [5.41, 5.74) is 0. The highest BCUT2D eigenvalue weighted by molar-refractivity contribution is 7.47. The van der Waals surface area contributed by atoms with Crippen LogP contribution in [0.2, 0.25) is 0 Å². The first-order valence-corrected chi connectivity index (χ1v) is 21.6. The zero-order valence-electron chi connectivity index (χ0n) is 32.3. The maximum absolute atomic E-state index is 12.1. The summed E-state index contributed by atoms with van der Waals surface area (Å²) in [5, 5.41) is 12.6. The van der Waals surface area contributed by atoms with Crippen LogP contribution in [0, 0.1) is 0 Å². The van der Waals surface area contributed by atoms with Crippen LogP contribution in [0.15, 0.2) is 48.6 Å². The van der Waals surface area contributed by atoms with E-state index in [0.717, 1.165) is 89.9 Å². The lowest BCUT2D eigenvalue weighted by Crippen LogP contribution is -2.27. The molecule has 9 nitrogen and oxygen atoms in total. The van der Waals surface area contributed by atoms with Gasteiger partial charge in [0, 0.05) is 19.4 Å². The number of ether oxygens (including phenoxy) is 1. The highest BCUT2D eigenvalue weighted by Crippen LogP contribution is 2.42. The molecule has 1 amide bonds. The van der Waals surface area contributed by atoms with Crippen LogP contribution in [0.3, 0.4) is 0 Å². The van der Waals surface area contributed by atoms with Crippen molar-refractivity contribution in [1.29, 1.82) is 0 Å². The van der Waals surface area contributed by atoms with E-state index in [2.05, 4.69) is 67.8 Å². The third-order valence-corrected chi connectivity index (χ3v) is 9.22. The van der Waals surface area contributed by atoms with Gasteiger partial charge < -0.3 is 20.1 Å².